The number of carbonyl (C=O) groups excluding carboxylic acids is 1. The molecule has 0 aliphatic heterocycles. The van der Waals surface area contributed by atoms with Gasteiger partial charge in [-0.2, -0.15) is 0 Å². The molecule has 0 saturated heterocycles. The summed E-state index contributed by atoms with van der Waals surface area (Å²) >= 11 is 3.19. The van der Waals surface area contributed by atoms with E-state index < -0.39 is 0 Å². The first-order valence-electron chi connectivity index (χ1n) is 10.1. The fourth-order valence-electron chi connectivity index (χ4n) is 4.90. The predicted octanol–water partition coefficient (Wildman–Crippen LogP) is 4.79. The number of fused-ring (bicyclic) bond motifs is 2. The van der Waals surface area contributed by atoms with Gasteiger partial charge in [0.15, 0.2) is 11.0 Å². The summed E-state index contributed by atoms with van der Waals surface area (Å²) in [6.07, 6.45) is 7.15. The van der Waals surface area contributed by atoms with Crippen molar-refractivity contribution in [2.24, 2.45) is 17.8 Å². The van der Waals surface area contributed by atoms with Gasteiger partial charge in [0.25, 0.3) is 0 Å². The lowest BCUT2D eigenvalue weighted by Gasteiger charge is -2.30. The summed E-state index contributed by atoms with van der Waals surface area (Å²) < 4.78 is 2.30. The van der Waals surface area contributed by atoms with Gasteiger partial charge in [0, 0.05) is 12.6 Å². The lowest BCUT2D eigenvalue weighted by atomic mass is 9.84. The van der Waals surface area contributed by atoms with Crippen LogP contribution in [0.1, 0.15) is 45.6 Å². The molecule has 28 heavy (non-hydrogen) atoms. The van der Waals surface area contributed by atoms with Crippen LogP contribution in [-0.4, -0.2) is 32.5 Å². The lowest BCUT2D eigenvalue weighted by molar-refractivity contribution is -0.120. The molecule has 2 heterocycles. The van der Waals surface area contributed by atoms with E-state index in [-0.39, 0.29) is 11.2 Å². The zero-order valence-corrected chi connectivity index (χ0v) is 18.1. The van der Waals surface area contributed by atoms with Crippen molar-refractivity contribution in [1.82, 2.24) is 20.1 Å². The average molecular weight is 417 g/mol. The van der Waals surface area contributed by atoms with Gasteiger partial charge in [-0.1, -0.05) is 30.3 Å². The van der Waals surface area contributed by atoms with E-state index in [1.807, 2.05) is 6.92 Å². The molecular weight excluding hydrogens is 388 g/mol. The second kappa shape index (κ2) is 8.41. The fourth-order valence-corrected chi connectivity index (χ4v) is 6.57. The minimum Gasteiger partial charge on any atom is -0.352 e. The Morgan fingerprint density at radius 2 is 2.29 bits per heavy atom. The molecule has 5 atom stereocenters. The van der Waals surface area contributed by atoms with Crippen LogP contribution in [0.4, 0.5) is 0 Å². The van der Waals surface area contributed by atoms with E-state index in [2.05, 4.69) is 51.1 Å². The van der Waals surface area contributed by atoms with Crippen molar-refractivity contribution in [3.63, 3.8) is 0 Å². The topological polar surface area (TPSA) is 59.8 Å². The Labute approximate surface area is 175 Å². The number of hydrogen-bond donors (Lipinski definition) is 1. The van der Waals surface area contributed by atoms with E-state index in [1.165, 1.54) is 37.4 Å². The molecule has 0 radical (unpaired) electrons. The van der Waals surface area contributed by atoms with Crippen molar-refractivity contribution < 1.29 is 4.79 Å². The standard InChI is InChI=1S/C21H28N4OS2/c1-4-9-22-20(26)14(3)28-21-24-23-19(18-6-5-10-27-18)25(21)13(2)17-12-15-7-8-16(17)11-15/h4-6,10,13-17H,1,7-9,11-12H2,2-3H3,(H,22,26). The number of nitrogens with zero attached hydrogens (tertiary/aromatic N) is 3. The van der Waals surface area contributed by atoms with E-state index in [9.17, 15) is 4.79 Å². The predicted molar refractivity (Wildman–Crippen MR) is 116 cm³/mol. The molecule has 2 saturated carbocycles. The van der Waals surface area contributed by atoms with Crippen LogP contribution in [0.5, 0.6) is 0 Å². The number of thioether (sulfide) groups is 1. The first kappa shape index (κ1) is 19.7. The molecule has 2 fully saturated rings. The molecule has 0 spiro atoms. The van der Waals surface area contributed by atoms with Crippen LogP contribution in [0, 0.1) is 17.8 Å². The second-order valence-corrected chi connectivity index (χ2v) is 10.3. The van der Waals surface area contributed by atoms with Crippen LogP contribution in [0.3, 0.4) is 0 Å². The van der Waals surface area contributed by atoms with Gasteiger partial charge in [-0.15, -0.1) is 28.1 Å². The third-order valence-electron chi connectivity index (χ3n) is 6.30. The van der Waals surface area contributed by atoms with Gasteiger partial charge in [0.2, 0.25) is 5.91 Å². The molecule has 150 valence electrons. The van der Waals surface area contributed by atoms with Crippen molar-refractivity contribution in [3.8, 4) is 10.7 Å². The number of rotatable bonds is 8. The van der Waals surface area contributed by atoms with Gasteiger partial charge in [0.05, 0.1) is 10.1 Å². The molecule has 7 heteroatoms. The summed E-state index contributed by atoms with van der Waals surface area (Å²) in [5.74, 6) is 3.34. The van der Waals surface area contributed by atoms with Crippen LogP contribution in [-0.2, 0) is 4.79 Å². The van der Waals surface area contributed by atoms with Gasteiger partial charge in [0.1, 0.15) is 0 Å². The van der Waals surface area contributed by atoms with Crippen LogP contribution < -0.4 is 5.32 Å². The van der Waals surface area contributed by atoms with Crippen LogP contribution in [0.15, 0.2) is 35.3 Å². The van der Waals surface area contributed by atoms with Crippen LogP contribution >= 0.6 is 23.1 Å². The molecule has 2 aromatic heterocycles. The highest BCUT2D eigenvalue weighted by Crippen LogP contribution is 2.53. The number of hydrogen-bond acceptors (Lipinski definition) is 5. The molecule has 2 aliphatic carbocycles. The summed E-state index contributed by atoms with van der Waals surface area (Å²) in [5, 5.41) is 14.6. The zero-order chi connectivity index (χ0) is 19.7. The molecule has 0 aromatic carbocycles. The maximum Gasteiger partial charge on any atom is 0.233 e. The molecule has 1 N–H and O–H groups in total. The van der Waals surface area contributed by atoms with Crippen molar-refractivity contribution in [2.75, 3.05) is 6.54 Å². The maximum atomic E-state index is 12.3. The summed E-state index contributed by atoms with van der Waals surface area (Å²) in [6.45, 7) is 8.39. The number of carbonyl (C=O) groups is 1. The average Bonchev–Trinajstić information content (AvgIpc) is 3.48. The summed E-state index contributed by atoms with van der Waals surface area (Å²) in [4.78, 5) is 13.5. The third kappa shape index (κ3) is 3.79. The largest absolute Gasteiger partial charge is 0.352 e. The van der Waals surface area contributed by atoms with Crippen LogP contribution in [0.2, 0.25) is 0 Å². The van der Waals surface area contributed by atoms with E-state index in [4.69, 9.17) is 0 Å². The number of amides is 1. The Bertz CT molecular complexity index is 832. The molecule has 5 unspecified atom stereocenters. The molecule has 2 aliphatic rings. The maximum absolute atomic E-state index is 12.3. The monoisotopic (exact) mass is 416 g/mol. The first-order valence-corrected chi connectivity index (χ1v) is 11.9. The Balaban J connectivity index is 1.61. The van der Waals surface area contributed by atoms with Gasteiger partial charge in [-0.3, -0.25) is 9.36 Å². The lowest BCUT2D eigenvalue weighted by Crippen LogP contribution is -2.31. The molecular formula is C21H28N4OS2. The fraction of sp³-hybridized carbons (Fsp3) is 0.571. The smallest absolute Gasteiger partial charge is 0.233 e. The summed E-state index contributed by atoms with van der Waals surface area (Å²) in [7, 11) is 0. The summed E-state index contributed by atoms with van der Waals surface area (Å²) in [6, 6.07) is 4.50. The van der Waals surface area contributed by atoms with E-state index in [1.54, 1.807) is 17.4 Å². The number of aromatic nitrogens is 3. The Hall–Kier alpha value is -1.60. The zero-order valence-electron chi connectivity index (χ0n) is 16.5. The highest BCUT2D eigenvalue weighted by Gasteiger charge is 2.43. The van der Waals surface area contributed by atoms with Gasteiger partial charge in [-0.25, -0.2) is 0 Å². The Morgan fingerprint density at radius 3 is 2.93 bits per heavy atom. The number of nitrogens with one attached hydrogen (secondary N) is 1. The summed E-state index contributed by atoms with van der Waals surface area (Å²) in [5.41, 5.74) is 0. The highest BCUT2D eigenvalue weighted by molar-refractivity contribution is 8.00. The van der Waals surface area contributed by atoms with Crippen molar-refractivity contribution >= 4 is 29.0 Å². The van der Waals surface area contributed by atoms with E-state index >= 15 is 0 Å². The molecule has 5 nitrogen and oxygen atoms in total. The minimum absolute atomic E-state index is 0.00435. The van der Waals surface area contributed by atoms with Gasteiger partial charge >= 0.3 is 0 Å². The minimum atomic E-state index is -0.230. The van der Waals surface area contributed by atoms with Crippen molar-refractivity contribution in [2.45, 2.75) is 56.0 Å². The normalized spacial score (nSPS) is 25.6. The number of thiophene rings is 1. The van der Waals surface area contributed by atoms with Gasteiger partial charge < -0.3 is 5.32 Å². The highest BCUT2D eigenvalue weighted by atomic mass is 32.2. The molecule has 4 rings (SSSR count). The SMILES string of the molecule is C=CCNC(=O)C(C)Sc1nnc(-c2cccs2)n1C(C)C1CC2CCC1C2. The third-order valence-corrected chi connectivity index (χ3v) is 8.22. The van der Waals surface area contributed by atoms with Crippen molar-refractivity contribution in [1.29, 1.82) is 0 Å². The molecule has 2 bridgehead atoms. The molecule has 1 amide bonds. The Morgan fingerprint density at radius 1 is 1.43 bits per heavy atom. The molecule has 2 aromatic rings. The second-order valence-electron chi connectivity index (χ2n) is 8.03. The van der Waals surface area contributed by atoms with E-state index in [0.717, 1.165) is 27.7 Å². The Kier molecular flexibility index (Phi) is 5.92. The van der Waals surface area contributed by atoms with E-state index in [0.29, 0.717) is 18.5 Å². The van der Waals surface area contributed by atoms with Crippen LogP contribution in [0.25, 0.3) is 10.7 Å². The van der Waals surface area contributed by atoms with Crippen molar-refractivity contribution in [3.05, 3.63) is 30.2 Å². The first-order chi connectivity index (χ1) is 13.6. The van der Waals surface area contributed by atoms with Gasteiger partial charge in [-0.05, 0) is 62.3 Å². The quantitative estimate of drug-likeness (QED) is 0.497.